The van der Waals surface area contributed by atoms with Gasteiger partial charge in [0.15, 0.2) is 0 Å². The maximum atomic E-state index is 13.3. The summed E-state index contributed by atoms with van der Waals surface area (Å²) in [5, 5.41) is 3.27. The first-order chi connectivity index (χ1) is 9.61. The number of hydrogen-bond acceptors (Lipinski definition) is 2. The Morgan fingerprint density at radius 3 is 3.00 bits per heavy atom. The van der Waals surface area contributed by atoms with Crippen LogP contribution in [0.5, 0.6) is 0 Å². The Morgan fingerprint density at radius 1 is 1.45 bits per heavy atom. The van der Waals surface area contributed by atoms with E-state index in [-0.39, 0.29) is 11.7 Å². The van der Waals surface area contributed by atoms with Crippen LogP contribution in [0.15, 0.2) is 30.4 Å². The van der Waals surface area contributed by atoms with Gasteiger partial charge in [0.25, 0.3) is 0 Å². The van der Waals surface area contributed by atoms with E-state index in [4.69, 9.17) is 0 Å². The summed E-state index contributed by atoms with van der Waals surface area (Å²) in [6.45, 7) is 8.26. The number of aryl methyl sites for hydroxylation is 1. The van der Waals surface area contributed by atoms with Crippen LogP contribution in [-0.2, 0) is 11.2 Å². The third-order valence-corrected chi connectivity index (χ3v) is 3.43. The van der Waals surface area contributed by atoms with Crippen LogP contribution in [0.3, 0.4) is 0 Å². The van der Waals surface area contributed by atoms with Gasteiger partial charge in [-0.25, -0.2) is 4.39 Å². The highest BCUT2D eigenvalue weighted by Gasteiger charge is 2.24. The highest BCUT2D eigenvalue weighted by molar-refractivity contribution is 5.96. The first-order valence-corrected chi connectivity index (χ1v) is 7.08. The Labute approximate surface area is 119 Å². The van der Waals surface area contributed by atoms with Crippen molar-refractivity contribution in [2.75, 3.05) is 24.5 Å². The Morgan fingerprint density at radius 2 is 2.25 bits per heavy atom. The van der Waals surface area contributed by atoms with Gasteiger partial charge >= 0.3 is 0 Å². The minimum Gasteiger partial charge on any atom is -0.313 e. The van der Waals surface area contributed by atoms with Crippen molar-refractivity contribution in [2.24, 2.45) is 0 Å². The normalized spacial score (nSPS) is 14.3. The van der Waals surface area contributed by atoms with E-state index in [1.807, 2.05) is 0 Å². The summed E-state index contributed by atoms with van der Waals surface area (Å²) in [4.78, 5) is 13.8. The molecule has 1 N–H and O–H groups in total. The lowest BCUT2D eigenvalue weighted by molar-refractivity contribution is -0.118. The first-order valence-electron chi connectivity index (χ1n) is 7.08. The largest absolute Gasteiger partial charge is 0.313 e. The maximum absolute atomic E-state index is 13.3. The van der Waals surface area contributed by atoms with Crippen molar-refractivity contribution in [3.63, 3.8) is 0 Å². The first kappa shape index (κ1) is 14.7. The Kier molecular flexibility index (Phi) is 4.90. The van der Waals surface area contributed by atoms with Gasteiger partial charge in [-0.2, -0.15) is 0 Å². The van der Waals surface area contributed by atoms with E-state index < -0.39 is 0 Å². The van der Waals surface area contributed by atoms with Crippen molar-refractivity contribution >= 4 is 11.6 Å². The fourth-order valence-corrected chi connectivity index (χ4v) is 2.42. The number of halogens is 1. The van der Waals surface area contributed by atoms with E-state index in [1.165, 1.54) is 12.1 Å². The molecule has 4 heteroatoms. The third kappa shape index (κ3) is 3.45. The zero-order valence-corrected chi connectivity index (χ0v) is 11.9. The van der Waals surface area contributed by atoms with E-state index in [0.717, 1.165) is 29.8 Å². The van der Waals surface area contributed by atoms with Gasteiger partial charge in [-0.3, -0.25) is 4.79 Å². The Hall–Kier alpha value is -1.68. The number of nitrogens with one attached hydrogen (secondary N) is 1. The van der Waals surface area contributed by atoms with Crippen molar-refractivity contribution in [3.8, 4) is 0 Å². The van der Waals surface area contributed by atoms with Crippen LogP contribution in [0.25, 0.3) is 0 Å². The molecule has 0 saturated heterocycles. The smallest absolute Gasteiger partial charge is 0.227 e. The fourth-order valence-electron chi connectivity index (χ4n) is 2.42. The second-order valence-electron chi connectivity index (χ2n) is 5.18. The van der Waals surface area contributed by atoms with Gasteiger partial charge in [-0.15, -0.1) is 0 Å². The number of benzene rings is 1. The summed E-state index contributed by atoms with van der Waals surface area (Å²) in [5.41, 5.74) is 2.68. The number of hydrogen-bond donors (Lipinski definition) is 1. The molecule has 1 aliphatic heterocycles. The van der Waals surface area contributed by atoms with E-state index in [1.54, 1.807) is 11.0 Å². The molecule has 20 heavy (non-hydrogen) atoms. The summed E-state index contributed by atoms with van der Waals surface area (Å²) < 4.78 is 13.3. The monoisotopic (exact) mass is 276 g/mol. The molecular weight excluding hydrogens is 255 g/mol. The summed E-state index contributed by atoms with van der Waals surface area (Å²) in [5.74, 6) is -0.165. The van der Waals surface area contributed by atoms with Crippen LogP contribution in [0.4, 0.5) is 10.1 Å². The van der Waals surface area contributed by atoms with Gasteiger partial charge < -0.3 is 10.2 Å². The topological polar surface area (TPSA) is 32.3 Å². The number of carbonyl (C=O) groups excluding carboxylic acids is 1. The molecule has 0 aliphatic carbocycles. The molecule has 0 bridgehead atoms. The lowest BCUT2D eigenvalue weighted by Gasteiger charge is -2.30. The molecule has 1 aromatic rings. The van der Waals surface area contributed by atoms with Crippen molar-refractivity contribution in [1.82, 2.24) is 5.32 Å². The molecular formula is C16H21FN2O. The maximum Gasteiger partial charge on any atom is 0.227 e. The summed E-state index contributed by atoms with van der Waals surface area (Å²) in [6.07, 6.45) is 2.12. The second kappa shape index (κ2) is 6.66. The van der Waals surface area contributed by atoms with Crippen molar-refractivity contribution < 1.29 is 9.18 Å². The molecule has 1 aromatic carbocycles. The fraction of sp³-hybridized carbons (Fsp3) is 0.438. The molecule has 3 nitrogen and oxygen atoms in total. The van der Waals surface area contributed by atoms with E-state index in [0.29, 0.717) is 25.9 Å². The molecule has 108 valence electrons. The molecule has 0 atom stereocenters. The molecule has 2 rings (SSSR count). The van der Waals surface area contributed by atoms with E-state index in [2.05, 4.69) is 18.8 Å². The number of amides is 1. The van der Waals surface area contributed by atoms with E-state index in [9.17, 15) is 9.18 Å². The predicted octanol–water partition coefficient (Wildman–Crippen LogP) is 2.66. The van der Waals surface area contributed by atoms with Gasteiger partial charge in [-0.05, 0) is 48.7 Å². The van der Waals surface area contributed by atoms with Crippen LogP contribution in [-0.4, -0.2) is 25.5 Å². The molecule has 1 amide bonds. The van der Waals surface area contributed by atoms with Gasteiger partial charge in [0.05, 0.1) is 0 Å². The van der Waals surface area contributed by atoms with Crippen molar-refractivity contribution in [3.05, 3.63) is 41.7 Å². The lowest BCUT2D eigenvalue weighted by Crippen LogP contribution is -2.38. The van der Waals surface area contributed by atoms with Crippen molar-refractivity contribution in [2.45, 2.75) is 26.2 Å². The summed E-state index contributed by atoms with van der Waals surface area (Å²) >= 11 is 0. The molecule has 0 aromatic heterocycles. The third-order valence-electron chi connectivity index (χ3n) is 3.43. The van der Waals surface area contributed by atoms with Crippen molar-refractivity contribution in [1.29, 1.82) is 0 Å². The SMILES string of the molecule is C=C(CNCCC)CN1C(=O)CCc2cc(F)ccc21. The lowest BCUT2D eigenvalue weighted by atomic mass is 10.0. The zero-order chi connectivity index (χ0) is 14.5. The highest BCUT2D eigenvalue weighted by Crippen LogP contribution is 2.28. The standard InChI is InChI=1S/C16H21FN2O/c1-3-8-18-10-12(2)11-19-15-6-5-14(17)9-13(15)4-7-16(19)20/h5-6,9,18H,2-4,7-8,10-11H2,1H3. The quantitative estimate of drug-likeness (QED) is 0.640. The molecule has 1 aliphatic rings. The average molecular weight is 276 g/mol. The number of fused-ring (bicyclic) bond motifs is 1. The minimum atomic E-state index is -0.249. The van der Waals surface area contributed by atoms with Gasteiger partial charge in [0.1, 0.15) is 5.82 Å². The van der Waals surface area contributed by atoms with Crippen LogP contribution in [0.1, 0.15) is 25.3 Å². The number of rotatable bonds is 6. The number of anilines is 1. The van der Waals surface area contributed by atoms with Crippen LogP contribution >= 0.6 is 0 Å². The minimum absolute atomic E-state index is 0.0840. The molecule has 0 spiro atoms. The van der Waals surface area contributed by atoms with E-state index >= 15 is 0 Å². The molecule has 0 radical (unpaired) electrons. The average Bonchev–Trinajstić information content (AvgIpc) is 2.42. The Balaban J connectivity index is 2.07. The zero-order valence-electron chi connectivity index (χ0n) is 11.9. The number of carbonyl (C=O) groups is 1. The van der Waals surface area contributed by atoms with Gasteiger partial charge in [-0.1, -0.05) is 13.5 Å². The van der Waals surface area contributed by atoms with Gasteiger partial charge in [0.2, 0.25) is 5.91 Å². The summed E-state index contributed by atoms with van der Waals surface area (Å²) in [6, 6.07) is 4.61. The predicted molar refractivity (Wildman–Crippen MR) is 79.4 cm³/mol. The second-order valence-corrected chi connectivity index (χ2v) is 5.18. The molecule has 0 saturated carbocycles. The molecule has 1 heterocycles. The van der Waals surface area contributed by atoms with Crippen LogP contribution < -0.4 is 10.2 Å². The highest BCUT2D eigenvalue weighted by atomic mass is 19.1. The number of nitrogens with zero attached hydrogens (tertiary/aromatic N) is 1. The van der Waals surface area contributed by atoms with Crippen LogP contribution in [0.2, 0.25) is 0 Å². The Bertz CT molecular complexity index is 513. The van der Waals surface area contributed by atoms with Gasteiger partial charge in [0, 0.05) is 25.2 Å². The molecule has 0 fully saturated rings. The van der Waals surface area contributed by atoms with Crippen LogP contribution in [0, 0.1) is 5.82 Å². The molecule has 0 unspecified atom stereocenters. The summed E-state index contributed by atoms with van der Waals surface area (Å²) in [7, 11) is 0.